The molecule has 1 N–H and O–H groups in total. The van der Waals surface area contributed by atoms with Gasteiger partial charge in [0.15, 0.2) is 0 Å². The molecule has 20 heavy (non-hydrogen) atoms. The first kappa shape index (κ1) is 14.7. The Morgan fingerprint density at radius 1 is 1.50 bits per heavy atom. The number of rotatable bonds is 2. The van der Waals surface area contributed by atoms with Crippen LogP contribution >= 0.6 is 11.6 Å². The van der Waals surface area contributed by atoms with E-state index in [9.17, 15) is 15.2 Å². The Kier molecular flexibility index (Phi) is 3.92. The van der Waals surface area contributed by atoms with Crippen LogP contribution in [0.25, 0.3) is 0 Å². The minimum absolute atomic E-state index is 0.233. The molecule has 1 saturated heterocycles. The topological polar surface area (TPSA) is 64.3 Å². The van der Waals surface area contributed by atoms with Crippen LogP contribution in [0.4, 0.5) is 4.79 Å². The van der Waals surface area contributed by atoms with Gasteiger partial charge in [-0.15, -0.1) is 0 Å². The number of likely N-dealkylation sites (tertiary alicyclic amines) is 1. The Hall–Kier alpha value is -1.73. The highest BCUT2D eigenvalue weighted by molar-refractivity contribution is 6.30. The molecule has 0 spiro atoms. The predicted octanol–water partition coefficient (Wildman–Crippen LogP) is 4.07. The van der Waals surface area contributed by atoms with Crippen molar-refractivity contribution in [1.82, 2.24) is 4.90 Å². The normalized spacial score (nSPS) is 22.6. The monoisotopic (exact) mass is 292 g/mol. The van der Waals surface area contributed by atoms with Crippen LogP contribution in [-0.2, 0) is 0 Å². The summed E-state index contributed by atoms with van der Waals surface area (Å²) in [4.78, 5) is 13.0. The van der Waals surface area contributed by atoms with Gasteiger partial charge in [0.1, 0.15) is 0 Å². The molecule has 1 aliphatic rings. The van der Waals surface area contributed by atoms with Gasteiger partial charge in [-0.3, -0.25) is 4.90 Å². The van der Waals surface area contributed by atoms with Crippen LogP contribution in [0, 0.1) is 16.7 Å². The fourth-order valence-electron chi connectivity index (χ4n) is 2.90. The number of carboxylic acid groups (broad SMARTS) is 1. The molecule has 1 heterocycles. The number of carbonyl (C=O) groups is 1. The summed E-state index contributed by atoms with van der Waals surface area (Å²) in [5, 5.41) is 19.4. The Labute approximate surface area is 123 Å². The van der Waals surface area contributed by atoms with Gasteiger partial charge in [-0.2, -0.15) is 5.26 Å². The molecule has 1 amide bonds. The summed E-state index contributed by atoms with van der Waals surface area (Å²) in [5.41, 5.74) is 0.183. The van der Waals surface area contributed by atoms with Crippen molar-refractivity contribution in [3.63, 3.8) is 0 Å². The Bertz CT molecular complexity index is 565. The number of halogens is 1. The lowest BCUT2D eigenvalue weighted by Gasteiger charge is -2.34. The first-order valence-electron chi connectivity index (χ1n) is 6.55. The summed E-state index contributed by atoms with van der Waals surface area (Å²) in [6.07, 6.45) is 0.410. The second-order valence-corrected chi connectivity index (χ2v) is 6.12. The molecule has 1 aliphatic heterocycles. The van der Waals surface area contributed by atoms with Crippen LogP contribution in [0.15, 0.2) is 24.3 Å². The smallest absolute Gasteiger partial charge is 0.408 e. The second kappa shape index (κ2) is 5.34. The predicted molar refractivity (Wildman–Crippen MR) is 76.5 cm³/mol. The highest BCUT2D eigenvalue weighted by atomic mass is 35.5. The van der Waals surface area contributed by atoms with Crippen LogP contribution in [0.2, 0.25) is 5.02 Å². The third-order valence-corrected chi connectivity index (χ3v) is 4.20. The molecule has 0 radical (unpaired) electrons. The van der Waals surface area contributed by atoms with Gasteiger partial charge in [0.2, 0.25) is 0 Å². The number of hydrogen-bond donors (Lipinski definition) is 1. The van der Waals surface area contributed by atoms with E-state index in [0.717, 1.165) is 5.56 Å². The summed E-state index contributed by atoms with van der Waals surface area (Å²) in [7, 11) is 0. The standard InChI is InChI=1S/C15H17ClN2O2/c1-15(2,9-17)13-7-6-12(18(13)14(19)20)10-4-3-5-11(16)8-10/h3-5,8,12-13H,6-7H2,1-2H3,(H,19,20)/t12-,13+/m0/s1. The molecule has 0 saturated carbocycles. The second-order valence-electron chi connectivity index (χ2n) is 5.69. The van der Waals surface area contributed by atoms with Crippen molar-refractivity contribution in [3.05, 3.63) is 34.9 Å². The van der Waals surface area contributed by atoms with E-state index < -0.39 is 11.5 Å². The number of hydrogen-bond acceptors (Lipinski definition) is 2. The first-order valence-corrected chi connectivity index (χ1v) is 6.92. The summed E-state index contributed by atoms with van der Waals surface area (Å²) in [6.45, 7) is 3.57. The van der Waals surface area contributed by atoms with Gasteiger partial charge in [-0.1, -0.05) is 23.7 Å². The summed E-state index contributed by atoms with van der Waals surface area (Å²) in [6, 6.07) is 8.95. The summed E-state index contributed by atoms with van der Waals surface area (Å²) in [5.74, 6) is 0. The van der Waals surface area contributed by atoms with Crippen LogP contribution in [0.1, 0.15) is 38.3 Å². The van der Waals surface area contributed by atoms with Crippen molar-refractivity contribution in [3.8, 4) is 6.07 Å². The highest BCUT2D eigenvalue weighted by Crippen LogP contribution is 2.43. The Morgan fingerprint density at radius 2 is 2.20 bits per heavy atom. The maximum atomic E-state index is 11.6. The lowest BCUT2D eigenvalue weighted by molar-refractivity contribution is 0.0971. The van der Waals surface area contributed by atoms with Crippen LogP contribution in [0.3, 0.4) is 0 Å². The lowest BCUT2D eigenvalue weighted by Crippen LogP contribution is -2.44. The first-order chi connectivity index (χ1) is 9.36. The summed E-state index contributed by atoms with van der Waals surface area (Å²) >= 11 is 5.99. The average Bonchev–Trinajstić information content (AvgIpc) is 2.84. The van der Waals surface area contributed by atoms with Crippen molar-refractivity contribution in [2.75, 3.05) is 0 Å². The van der Waals surface area contributed by atoms with Crippen LogP contribution in [0.5, 0.6) is 0 Å². The molecular formula is C15H17ClN2O2. The summed E-state index contributed by atoms with van der Waals surface area (Å²) < 4.78 is 0. The van der Waals surface area contributed by atoms with Gasteiger partial charge in [-0.25, -0.2) is 4.79 Å². The zero-order valence-electron chi connectivity index (χ0n) is 11.5. The average molecular weight is 293 g/mol. The minimum atomic E-state index is -0.985. The molecule has 1 fully saturated rings. The molecule has 0 aliphatic carbocycles. The van der Waals surface area contributed by atoms with Gasteiger partial charge in [0.25, 0.3) is 0 Å². The van der Waals surface area contributed by atoms with E-state index in [2.05, 4.69) is 6.07 Å². The quantitative estimate of drug-likeness (QED) is 0.893. The van der Waals surface area contributed by atoms with E-state index in [1.165, 1.54) is 4.90 Å². The maximum Gasteiger partial charge on any atom is 0.408 e. The fourth-order valence-corrected chi connectivity index (χ4v) is 3.10. The van der Waals surface area contributed by atoms with E-state index in [4.69, 9.17) is 11.6 Å². The van der Waals surface area contributed by atoms with Gasteiger partial charge in [0, 0.05) is 5.02 Å². The number of nitriles is 1. The van der Waals surface area contributed by atoms with Gasteiger partial charge >= 0.3 is 6.09 Å². The van der Waals surface area contributed by atoms with Crippen LogP contribution < -0.4 is 0 Å². The van der Waals surface area contributed by atoms with E-state index in [1.54, 1.807) is 26.0 Å². The number of benzene rings is 1. The minimum Gasteiger partial charge on any atom is -0.465 e. The van der Waals surface area contributed by atoms with Crippen molar-refractivity contribution in [1.29, 1.82) is 5.26 Å². The molecule has 5 heteroatoms. The largest absolute Gasteiger partial charge is 0.465 e. The number of amides is 1. The molecule has 1 aromatic carbocycles. The molecule has 0 bridgehead atoms. The molecule has 0 aromatic heterocycles. The third kappa shape index (κ3) is 2.59. The Balaban J connectivity index is 2.37. The highest BCUT2D eigenvalue weighted by Gasteiger charge is 2.45. The van der Waals surface area contributed by atoms with Crippen molar-refractivity contribution in [2.45, 2.75) is 38.8 Å². The zero-order valence-corrected chi connectivity index (χ0v) is 12.3. The SMILES string of the molecule is CC(C)(C#N)[C@H]1CC[C@@H](c2cccc(Cl)c2)N1C(=O)O. The van der Waals surface area contributed by atoms with Crippen molar-refractivity contribution >= 4 is 17.7 Å². The van der Waals surface area contributed by atoms with Crippen LogP contribution in [-0.4, -0.2) is 22.1 Å². The van der Waals surface area contributed by atoms with Gasteiger partial charge < -0.3 is 5.11 Å². The van der Waals surface area contributed by atoms with Crippen molar-refractivity contribution in [2.24, 2.45) is 5.41 Å². The van der Waals surface area contributed by atoms with Crippen molar-refractivity contribution < 1.29 is 9.90 Å². The molecular weight excluding hydrogens is 276 g/mol. The van der Waals surface area contributed by atoms with E-state index in [0.29, 0.717) is 17.9 Å². The lowest BCUT2D eigenvalue weighted by atomic mass is 9.85. The number of nitrogens with zero attached hydrogens (tertiary/aromatic N) is 2. The fraction of sp³-hybridized carbons (Fsp3) is 0.467. The van der Waals surface area contributed by atoms with E-state index in [-0.39, 0.29) is 12.1 Å². The molecule has 4 nitrogen and oxygen atoms in total. The zero-order chi connectivity index (χ0) is 14.9. The Morgan fingerprint density at radius 3 is 2.75 bits per heavy atom. The van der Waals surface area contributed by atoms with Gasteiger partial charge in [-0.05, 0) is 44.4 Å². The third-order valence-electron chi connectivity index (χ3n) is 3.96. The van der Waals surface area contributed by atoms with E-state index >= 15 is 0 Å². The maximum absolute atomic E-state index is 11.6. The molecule has 2 atom stereocenters. The van der Waals surface area contributed by atoms with E-state index in [1.807, 2.05) is 12.1 Å². The molecule has 1 aromatic rings. The molecule has 0 unspecified atom stereocenters. The molecule has 106 valence electrons. The molecule has 2 rings (SSSR count). The van der Waals surface area contributed by atoms with Gasteiger partial charge in [0.05, 0.1) is 23.6 Å².